The van der Waals surface area contributed by atoms with Gasteiger partial charge in [0.05, 0.1) is 6.61 Å². The number of benzene rings is 1. The van der Waals surface area contributed by atoms with E-state index in [0.29, 0.717) is 13.0 Å². The zero-order valence-corrected chi connectivity index (χ0v) is 8.98. The van der Waals surface area contributed by atoms with Crippen LogP contribution in [0.15, 0.2) is 42.5 Å². The summed E-state index contributed by atoms with van der Waals surface area (Å²) in [6.45, 7) is 2.63. The highest BCUT2D eigenvalue weighted by molar-refractivity contribution is 5.82. The van der Waals surface area contributed by atoms with E-state index in [4.69, 9.17) is 4.74 Å². The molecule has 2 heteroatoms. The molecule has 0 bridgehead atoms. The summed E-state index contributed by atoms with van der Waals surface area (Å²) in [4.78, 5) is 11.4. The maximum absolute atomic E-state index is 11.4. The van der Waals surface area contributed by atoms with Crippen molar-refractivity contribution < 1.29 is 9.53 Å². The molecule has 1 aromatic carbocycles. The molecule has 0 spiro atoms. The van der Waals surface area contributed by atoms with Crippen molar-refractivity contribution in [2.24, 2.45) is 0 Å². The van der Waals surface area contributed by atoms with Crippen molar-refractivity contribution in [3.05, 3.63) is 48.0 Å². The molecule has 0 aromatic heterocycles. The Bertz CT molecular complexity index is 315. The van der Waals surface area contributed by atoms with E-state index in [1.165, 1.54) is 0 Å². The topological polar surface area (TPSA) is 26.3 Å². The van der Waals surface area contributed by atoms with Crippen LogP contribution in [0.1, 0.15) is 12.5 Å². The van der Waals surface area contributed by atoms with Crippen LogP contribution in [0.4, 0.5) is 0 Å². The number of carbonyl (C=O) groups is 1. The van der Waals surface area contributed by atoms with Crippen LogP contribution in [0.3, 0.4) is 0 Å². The van der Waals surface area contributed by atoms with E-state index >= 15 is 0 Å². The lowest BCUT2D eigenvalue weighted by Gasteiger charge is -2.01. The summed E-state index contributed by atoms with van der Waals surface area (Å²) in [5.74, 6) is 0.116. The maximum Gasteiger partial charge on any atom is 0.162 e. The van der Waals surface area contributed by atoms with Crippen molar-refractivity contribution in [1.82, 2.24) is 0 Å². The third-order valence-corrected chi connectivity index (χ3v) is 1.96. The SMILES string of the molecule is CC=CCOCC(=O)Cc1ccccc1. The predicted octanol–water partition coefficient (Wildman–Crippen LogP) is 2.39. The molecule has 1 rings (SSSR count). The normalized spacial score (nSPS) is 10.7. The Morgan fingerprint density at radius 3 is 2.73 bits per heavy atom. The number of ketones is 1. The van der Waals surface area contributed by atoms with Crippen LogP contribution in [0.2, 0.25) is 0 Å². The second-order valence-electron chi connectivity index (χ2n) is 3.29. The van der Waals surface area contributed by atoms with Crippen LogP contribution in [-0.2, 0) is 16.0 Å². The van der Waals surface area contributed by atoms with Crippen LogP contribution >= 0.6 is 0 Å². The zero-order chi connectivity index (χ0) is 10.9. The Labute approximate surface area is 90.6 Å². The molecule has 0 atom stereocenters. The first kappa shape index (κ1) is 11.7. The molecule has 0 aliphatic rings. The summed E-state index contributed by atoms with van der Waals surface area (Å²) >= 11 is 0. The average Bonchev–Trinajstić information content (AvgIpc) is 2.26. The molecule has 0 unspecified atom stereocenters. The van der Waals surface area contributed by atoms with E-state index in [2.05, 4.69) is 0 Å². The molecule has 0 aliphatic carbocycles. The van der Waals surface area contributed by atoms with Gasteiger partial charge in [0.1, 0.15) is 6.61 Å². The van der Waals surface area contributed by atoms with Crippen molar-refractivity contribution >= 4 is 5.78 Å². The third-order valence-electron chi connectivity index (χ3n) is 1.96. The smallest absolute Gasteiger partial charge is 0.162 e. The monoisotopic (exact) mass is 204 g/mol. The minimum Gasteiger partial charge on any atom is -0.370 e. The number of hydrogen-bond acceptors (Lipinski definition) is 2. The van der Waals surface area contributed by atoms with Gasteiger partial charge < -0.3 is 4.74 Å². The Balaban J connectivity index is 2.25. The molecule has 0 aliphatic heterocycles. The molecule has 0 amide bonds. The summed E-state index contributed by atoms with van der Waals surface area (Å²) in [7, 11) is 0. The molecule has 0 saturated heterocycles. The molecule has 2 nitrogen and oxygen atoms in total. The molecule has 0 N–H and O–H groups in total. The fourth-order valence-electron chi connectivity index (χ4n) is 1.21. The van der Waals surface area contributed by atoms with Gasteiger partial charge in [0, 0.05) is 6.42 Å². The summed E-state index contributed by atoms with van der Waals surface area (Å²) in [6.07, 6.45) is 4.24. The fourth-order valence-corrected chi connectivity index (χ4v) is 1.21. The molecule has 1 aromatic rings. The quantitative estimate of drug-likeness (QED) is 0.525. The number of allylic oxidation sites excluding steroid dienone is 1. The van der Waals surface area contributed by atoms with E-state index in [1.807, 2.05) is 49.4 Å². The lowest BCUT2D eigenvalue weighted by atomic mass is 10.1. The van der Waals surface area contributed by atoms with Crippen molar-refractivity contribution in [3.63, 3.8) is 0 Å². The highest BCUT2D eigenvalue weighted by atomic mass is 16.5. The molecule has 80 valence electrons. The molecular weight excluding hydrogens is 188 g/mol. The molecular formula is C13H16O2. The second-order valence-corrected chi connectivity index (χ2v) is 3.29. The van der Waals surface area contributed by atoms with Gasteiger partial charge in [-0.15, -0.1) is 0 Å². The number of rotatable bonds is 6. The molecule has 0 saturated carbocycles. The highest BCUT2D eigenvalue weighted by Gasteiger charge is 2.02. The molecule has 0 fully saturated rings. The number of hydrogen-bond donors (Lipinski definition) is 0. The molecule has 0 radical (unpaired) electrons. The molecule has 0 heterocycles. The van der Waals surface area contributed by atoms with Gasteiger partial charge in [-0.2, -0.15) is 0 Å². The Kier molecular flexibility index (Phi) is 5.41. The van der Waals surface area contributed by atoms with Crippen LogP contribution < -0.4 is 0 Å². The van der Waals surface area contributed by atoms with Crippen molar-refractivity contribution in [2.75, 3.05) is 13.2 Å². The Morgan fingerprint density at radius 1 is 1.33 bits per heavy atom. The van der Waals surface area contributed by atoms with Gasteiger partial charge in [0.15, 0.2) is 5.78 Å². The first-order chi connectivity index (χ1) is 7.33. The van der Waals surface area contributed by atoms with Crippen molar-refractivity contribution in [2.45, 2.75) is 13.3 Å². The van der Waals surface area contributed by atoms with E-state index < -0.39 is 0 Å². The van der Waals surface area contributed by atoms with Gasteiger partial charge >= 0.3 is 0 Å². The highest BCUT2D eigenvalue weighted by Crippen LogP contribution is 2.00. The summed E-state index contributed by atoms with van der Waals surface area (Å²) < 4.78 is 5.17. The third kappa shape index (κ3) is 5.13. The predicted molar refractivity (Wildman–Crippen MR) is 60.8 cm³/mol. The fraction of sp³-hybridized carbons (Fsp3) is 0.308. The minimum atomic E-state index is 0.116. The van der Waals surface area contributed by atoms with E-state index in [1.54, 1.807) is 0 Å². The van der Waals surface area contributed by atoms with Crippen molar-refractivity contribution in [3.8, 4) is 0 Å². The van der Waals surface area contributed by atoms with Crippen LogP contribution in [0.25, 0.3) is 0 Å². The van der Waals surface area contributed by atoms with Crippen LogP contribution in [0.5, 0.6) is 0 Å². The van der Waals surface area contributed by atoms with Gasteiger partial charge in [-0.05, 0) is 12.5 Å². The van der Waals surface area contributed by atoms with Crippen molar-refractivity contribution in [1.29, 1.82) is 0 Å². The largest absolute Gasteiger partial charge is 0.370 e. The summed E-state index contributed by atoms with van der Waals surface area (Å²) in [5.41, 5.74) is 1.04. The first-order valence-corrected chi connectivity index (χ1v) is 5.07. The standard InChI is InChI=1S/C13H16O2/c1-2-3-9-15-11-13(14)10-12-7-5-4-6-8-12/h2-8H,9-11H2,1H3. The molecule has 15 heavy (non-hydrogen) atoms. The average molecular weight is 204 g/mol. The van der Waals surface area contributed by atoms with Gasteiger partial charge in [0.25, 0.3) is 0 Å². The van der Waals surface area contributed by atoms with Crippen LogP contribution in [-0.4, -0.2) is 19.0 Å². The first-order valence-electron chi connectivity index (χ1n) is 5.07. The minimum absolute atomic E-state index is 0.116. The summed E-state index contributed by atoms with van der Waals surface area (Å²) in [5, 5.41) is 0. The van der Waals surface area contributed by atoms with Gasteiger partial charge in [0.2, 0.25) is 0 Å². The zero-order valence-electron chi connectivity index (χ0n) is 8.98. The van der Waals surface area contributed by atoms with Gasteiger partial charge in [-0.25, -0.2) is 0 Å². The Hall–Kier alpha value is -1.41. The van der Waals surface area contributed by atoms with Gasteiger partial charge in [-0.1, -0.05) is 42.5 Å². The maximum atomic E-state index is 11.4. The number of ether oxygens (including phenoxy) is 1. The second kappa shape index (κ2) is 6.96. The Morgan fingerprint density at radius 2 is 2.07 bits per heavy atom. The van der Waals surface area contributed by atoms with E-state index in [0.717, 1.165) is 5.56 Å². The van der Waals surface area contributed by atoms with Gasteiger partial charge in [-0.3, -0.25) is 4.79 Å². The number of carbonyl (C=O) groups excluding carboxylic acids is 1. The van der Waals surface area contributed by atoms with Crippen LogP contribution in [0, 0.1) is 0 Å². The lowest BCUT2D eigenvalue weighted by Crippen LogP contribution is -2.11. The van der Waals surface area contributed by atoms with E-state index in [-0.39, 0.29) is 12.4 Å². The lowest BCUT2D eigenvalue weighted by molar-refractivity contribution is -0.122. The summed E-state index contributed by atoms with van der Waals surface area (Å²) in [6, 6.07) is 9.71. The number of Topliss-reactive ketones (excluding diaryl/α,β-unsaturated/α-hetero) is 1. The van der Waals surface area contributed by atoms with E-state index in [9.17, 15) is 4.79 Å².